The first-order valence-electron chi connectivity index (χ1n) is 6.59. The van der Waals surface area contributed by atoms with Crippen LogP contribution in [0.1, 0.15) is 30.9 Å². The lowest BCUT2D eigenvalue weighted by molar-refractivity contribution is -0.136. The highest BCUT2D eigenvalue weighted by molar-refractivity contribution is 5.72. The number of nitrogens with one attached hydrogen (secondary N) is 1. The van der Waals surface area contributed by atoms with Crippen LogP contribution in [-0.4, -0.2) is 21.0 Å². The number of rotatable bonds is 4. The zero-order chi connectivity index (χ0) is 15.6. The van der Waals surface area contributed by atoms with E-state index in [0.29, 0.717) is 11.7 Å². The number of aromatic nitrogens is 2. The van der Waals surface area contributed by atoms with Gasteiger partial charge in [-0.25, -0.2) is 4.98 Å². The number of nitrogen functional groups attached to an aromatic ring is 1. The minimum Gasteiger partial charge on any atom is -0.481 e. The monoisotopic (exact) mass is 287 g/mol. The summed E-state index contributed by atoms with van der Waals surface area (Å²) in [4.78, 5) is 29.3. The van der Waals surface area contributed by atoms with E-state index in [4.69, 9.17) is 10.8 Å². The Balaban J connectivity index is 2.41. The highest BCUT2D eigenvalue weighted by atomic mass is 16.4. The van der Waals surface area contributed by atoms with Crippen LogP contribution >= 0.6 is 0 Å². The van der Waals surface area contributed by atoms with Crippen molar-refractivity contribution in [1.82, 2.24) is 9.97 Å². The Bertz CT molecular complexity index is 718. The SMILES string of the molecule is CC(C)c1ccc(-c2nc(N)c(CC(=O)O)c(=O)[nH]2)cc1. The van der Waals surface area contributed by atoms with Gasteiger partial charge in [-0.05, 0) is 11.5 Å². The molecule has 6 heteroatoms. The molecule has 2 aromatic rings. The summed E-state index contributed by atoms with van der Waals surface area (Å²) >= 11 is 0. The van der Waals surface area contributed by atoms with Crippen molar-refractivity contribution in [1.29, 1.82) is 0 Å². The Kier molecular flexibility index (Phi) is 4.07. The normalized spacial score (nSPS) is 10.8. The number of carboxylic acid groups (broad SMARTS) is 1. The second kappa shape index (κ2) is 5.78. The van der Waals surface area contributed by atoms with Crippen LogP contribution in [0.25, 0.3) is 11.4 Å². The number of hydrogen-bond acceptors (Lipinski definition) is 4. The third kappa shape index (κ3) is 3.28. The third-order valence-corrected chi connectivity index (χ3v) is 3.23. The van der Waals surface area contributed by atoms with Gasteiger partial charge in [-0.2, -0.15) is 0 Å². The first-order valence-corrected chi connectivity index (χ1v) is 6.59. The van der Waals surface area contributed by atoms with Gasteiger partial charge in [-0.1, -0.05) is 38.1 Å². The van der Waals surface area contributed by atoms with Crippen molar-refractivity contribution >= 4 is 11.8 Å². The molecule has 0 aliphatic carbocycles. The zero-order valence-corrected chi connectivity index (χ0v) is 11.9. The predicted molar refractivity (Wildman–Crippen MR) is 80.1 cm³/mol. The van der Waals surface area contributed by atoms with Crippen LogP contribution in [0, 0.1) is 0 Å². The van der Waals surface area contributed by atoms with E-state index in [1.165, 1.54) is 5.56 Å². The summed E-state index contributed by atoms with van der Waals surface area (Å²) in [6.45, 7) is 4.18. The Morgan fingerprint density at radius 3 is 2.43 bits per heavy atom. The van der Waals surface area contributed by atoms with Crippen molar-refractivity contribution < 1.29 is 9.90 Å². The lowest BCUT2D eigenvalue weighted by atomic mass is 10.0. The molecule has 0 unspecified atom stereocenters. The molecule has 0 atom stereocenters. The maximum absolute atomic E-state index is 11.9. The van der Waals surface area contributed by atoms with E-state index in [9.17, 15) is 9.59 Å². The lowest BCUT2D eigenvalue weighted by Gasteiger charge is -2.08. The molecule has 0 saturated carbocycles. The Morgan fingerprint density at radius 2 is 1.95 bits per heavy atom. The average Bonchev–Trinajstić information content (AvgIpc) is 2.42. The molecule has 4 N–H and O–H groups in total. The largest absolute Gasteiger partial charge is 0.481 e. The van der Waals surface area contributed by atoms with E-state index in [1.54, 1.807) is 0 Å². The number of H-pyrrole nitrogens is 1. The number of aliphatic carboxylic acids is 1. The Labute approximate surface area is 121 Å². The van der Waals surface area contributed by atoms with Gasteiger partial charge in [-0.15, -0.1) is 0 Å². The van der Waals surface area contributed by atoms with E-state index in [-0.39, 0.29) is 11.4 Å². The second-order valence-corrected chi connectivity index (χ2v) is 5.13. The van der Waals surface area contributed by atoms with Crippen LogP contribution < -0.4 is 11.3 Å². The molecule has 0 fully saturated rings. The second-order valence-electron chi connectivity index (χ2n) is 5.13. The molecule has 6 nitrogen and oxygen atoms in total. The van der Waals surface area contributed by atoms with E-state index in [2.05, 4.69) is 23.8 Å². The van der Waals surface area contributed by atoms with Crippen molar-refractivity contribution in [3.05, 3.63) is 45.7 Å². The van der Waals surface area contributed by atoms with Crippen LogP contribution in [0.5, 0.6) is 0 Å². The van der Waals surface area contributed by atoms with Gasteiger partial charge in [0.1, 0.15) is 11.6 Å². The predicted octanol–water partition coefficient (Wildman–Crippen LogP) is 1.77. The molecule has 0 spiro atoms. The molecule has 21 heavy (non-hydrogen) atoms. The fourth-order valence-electron chi connectivity index (χ4n) is 2.00. The first-order chi connectivity index (χ1) is 9.88. The summed E-state index contributed by atoms with van der Waals surface area (Å²) in [7, 11) is 0. The summed E-state index contributed by atoms with van der Waals surface area (Å²) in [5.74, 6) is -0.428. The van der Waals surface area contributed by atoms with E-state index in [1.807, 2.05) is 24.3 Å². The Hall–Kier alpha value is -2.63. The number of carbonyl (C=O) groups is 1. The van der Waals surface area contributed by atoms with Crippen LogP contribution in [0.2, 0.25) is 0 Å². The third-order valence-electron chi connectivity index (χ3n) is 3.23. The van der Waals surface area contributed by atoms with Crippen molar-refractivity contribution in [3.63, 3.8) is 0 Å². The average molecular weight is 287 g/mol. The van der Waals surface area contributed by atoms with Crippen LogP contribution in [-0.2, 0) is 11.2 Å². The lowest BCUT2D eigenvalue weighted by Crippen LogP contribution is -2.21. The first kappa shape index (κ1) is 14.8. The van der Waals surface area contributed by atoms with Crippen molar-refractivity contribution in [2.24, 2.45) is 0 Å². The fourth-order valence-corrected chi connectivity index (χ4v) is 2.00. The minimum absolute atomic E-state index is 0.0231. The van der Waals surface area contributed by atoms with Gasteiger partial charge in [0.25, 0.3) is 5.56 Å². The highest BCUT2D eigenvalue weighted by Gasteiger charge is 2.13. The minimum atomic E-state index is -1.12. The topological polar surface area (TPSA) is 109 Å². The van der Waals surface area contributed by atoms with Crippen molar-refractivity contribution in [2.75, 3.05) is 5.73 Å². The molecule has 1 aromatic heterocycles. The maximum atomic E-state index is 11.9. The summed E-state index contributed by atoms with van der Waals surface area (Å²) in [6.07, 6.45) is -0.444. The van der Waals surface area contributed by atoms with Crippen molar-refractivity contribution in [3.8, 4) is 11.4 Å². The quantitative estimate of drug-likeness (QED) is 0.794. The molecule has 1 aromatic carbocycles. The zero-order valence-electron chi connectivity index (χ0n) is 11.9. The maximum Gasteiger partial charge on any atom is 0.308 e. The van der Waals surface area contributed by atoms with E-state index in [0.717, 1.165) is 5.56 Å². The molecule has 0 aliphatic heterocycles. The van der Waals surface area contributed by atoms with Gasteiger partial charge in [0, 0.05) is 5.56 Å². The number of benzene rings is 1. The fraction of sp³-hybridized carbons (Fsp3) is 0.267. The van der Waals surface area contributed by atoms with Crippen LogP contribution in [0.4, 0.5) is 5.82 Å². The summed E-state index contributed by atoms with van der Waals surface area (Å²) < 4.78 is 0. The van der Waals surface area contributed by atoms with Gasteiger partial charge in [-0.3, -0.25) is 9.59 Å². The molecule has 0 radical (unpaired) electrons. The molecule has 110 valence electrons. The molecule has 0 aliphatic rings. The summed E-state index contributed by atoms with van der Waals surface area (Å²) in [6, 6.07) is 7.62. The standard InChI is InChI=1S/C15H17N3O3/c1-8(2)9-3-5-10(6-4-9)14-17-13(16)11(7-12(19)20)15(21)18-14/h3-6,8H,7H2,1-2H3,(H,19,20)(H3,16,17,18,21). The number of nitrogens with two attached hydrogens (primary N) is 1. The van der Waals surface area contributed by atoms with E-state index >= 15 is 0 Å². The van der Waals surface area contributed by atoms with Crippen molar-refractivity contribution in [2.45, 2.75) is 26.2 Å². The Morgan fingerprint density at radius 1 is 1.33 bits per heavy atom. The van der Waals surface area contributed by atoms with Gasteiger partial charge in [0.05, 0.1) is 12.0 Å². The van der Waals surface area contributed by atoms with Gasteiger partial charge < -0.3 is 15.8 Å². The molecular weight excluding hydrogens is 270 g/mol. The van der Waals surface area contributed by atoms with Gasteiger partial charge in [0.15, 0.2) is 0 Å². The highest BCUT2D eigenvalue weighted by Crippen LogP contribution is 2.20. The summed E-state index contributed by atoms with van der Waals surface area (Å²) in [5, 5.41) is 8.75. The number of aromatic amines is 1. The van der Waals surface area contributed by atoms with Crippen LogP contribution in [0.3, 0.4) is 0 Å². The van der Waals surface area contributed by atoms with Gasteiger partial charge >= 0.3 is 5.97 Å². The molecule has 0 bridgehead atoms. The molecular formula is C15H17N3O3. The molecule has 1 heterocycles. The van der Waals surface area contributed by atoms with Gasteiger partial charge in [0.2, 0.25) is 0 Å². The van der Waals surface area contributed by atoms with Crippen LogP contribution in [0.15, 0.2) is 29.1 Å². The van der Waals surface area contributed by atoms with E-state index < -0.39 is 17.9 Å². The number of nitrogens with zero attached hydrogens (tertiary/aromatic N) is 1. The number of carboxylic acids is 1. The number of anilines is 1. The number of hydrogen-bond donors (Lipinski definition) is 3. The smallest absolute Gasteiger partial charge is 0.308 e. The summed E-state index contributed by atoms with van der Waals surface area (Å²) in [5.41, 5.74) is 7.05. The molecule has 0 amide bonds. The molecule has 2 rings (SSSR count). The molecule has 0 saturated heterocycles.